The van der Waals surface area contributed by atoms with Crippen LogP contribution in [0.15, 0.2) is 46.9 Å². The van der Waals surface area contributed by atoms with Crippen molar-refractivity contribution in [1.29, 1.82) is 0 Å². The second-order valence-corrected chi connectivity index (χ2v) is 6.47. The molecular formula is C20H18N2O4. The van der Waals surface area contributed by atoms with Crippen molar-refractivity contribution in [2.75, 3.05) is 18.6 Å². The molecule has 1 amide bonds. The minimum absolute atomic E-state index is 0.0952. The van der Waals surface area contributed by atoms with E-state index in [2.05, 4.69) is 4.98 Å². The van der Waals surface area contributed by atoms with Crippen LogP contribution in [0.1, 0.15) is 12.0 Å². The molecule has 26 heavy (non-hydrogen) atoms. The van der Waals surface area contributed by atoms with Crippen molar-refractivity contribution in [2.45, 2.75) is 13.3 Å². The fourth-order valence-corrected chi connectivity index (χ4v) is 3.27. The monoisotopic (exact) mass is 350 g/mol. The maximum absolute atomic E-state index is 12.3. The number of hydrogen-bond acceptors (Lipinski definition) is 5. The number of anilines is 1. The Balaban J connectivity index is 1.66. The van der Waals surface area contributed by atoms with Crippen LogP contribution in [-0.4, -0.2) is 30.5 Å². The van der Waals surface area contributed by atoms with Crippen molar-refractivity contribution in [3.63, 3.8) is 0 Å². The van der Waals surface area contributed by atoms with E-state index in [9.17, 15) is 9.59 Å². The van der Waals surface area contributed by atoms with Crippen molar-refractivity contribution in [3.8, 4) is 11.5 Å². The summed E-state index contributed by atoms with van der Waals surface area (Å²) in [4.78, 5) is 30.1. The van der Waals surface area contributed by atoms with Crippen molar-refractivity contribution < 1.29 is 18.7 Å². The van der Waals surface area contributed by atoms with Gasteiger partial charge in [0.05, 0.1) is 13.0 Å². The summed E-state index contributed by atoms with van der Waals surface area (Å²) in [6, 6.07) is 13.4. The predicted molar refractivity (Wildman–Crippen MR) is 96.7 cm³/mol. The van der Waals surface area contributed by atoms with Crippen LogP contribution in [0.25, 0.3) is 22.6 Å². The number of amides is 1. The van der Waals surface area contributed by atoms with Gasteiger partial charge in [0.2, 0.25) is 11.8 Å². The number of hydrogen-bond donors (Lipinski definition) is 0. The summed E-state index contributed by atoms with van der Waals surface area (Å²) in [6.07, 6.45) is 0.165. The molecule has 132 valence electrons. The number of esters is 1. The van der Waals surface area contributed by atoms with Crippen LogP contribution in [0, 0.1) is 12.8 Å². The average molecular weight is 350 g/mol. The van der Waals surface area contributed by atoms with Gasteiger partial charge in [-0.25, -0.2) is 4.98 Å². The zero-order valence-corrected chi connectivity index (χ0v) is 14.6. The lowest BCUT2D eigenvalue weighted by Gasteiger charge is -2.16. The zero-order chi connectivity index (χ0) is 18.3. The van der Waals surface area contributed by atoms with E-state index in [0.29, 0.717) is 29.2 Å². The minimum atomic E-state index is -0.427. The third kappa shape index (κ3) is 2.83. The minimum Gasteiger partial charge on any atom is -0.469 e. The topological polar surface area (TPSA) is 72.6 Å². The number of nitrogens with zero attached hydrogens (tertiary/aromatic N) is 2. The smallest absolute Gasteiger partial charge is 0.311 e. The highest BCUT2D eigenvalue weighted by molar-refractivity contribution is 6.00. The summed E-state index contributed by atoms with van der Waals surface area (Å²) in [5.41, 5.74) is 4.07. The van der Waals surface area contributed by atoms with Crippen LogP contribution < -0.4 is 4.90 Å². The number of carbonyl (C=O) groups excluding carboxylic acids is 2. The number of aromatic nitrogens is 1. The van der Waals surface area contributed by atoms with Crippen LogP contribution in [0.5, 0.6) is 0 Å². The zero-order valence-electron chi connectivity index (χ0n) is 14.6. The van der Waals surface area contributed by atoms with Crippen molar-refractivity contribution in [3.05, 3.63) is 48.0 Å². The number of carbonyl (C=O) groups is 2. The van der Waals surface area contributed by atoms with Gasteiger partial charge in [-0.15, -0.1) is 0 Å². The molecule has 0 unspecified atom stereocenters. The molecule has 2 aromatic carbocycles. The summed E-state index contributed by atoms with van der Waals surface area (Å²) < 4.78 is 10.6. The van der Waals surface area contributed by atoms with Gasteiger partial charge >= 0.3 is 5.97 Å². The summed E-state index contributed by atoms with van der Waals surface area (Å²) in [7, 11) is 1.34. The fourth-order valence-electron chi connectivity index (χ4n) is 3.27. The van der Waals surface area contributed by atoms with Gasteiger partial charge in [0, 0.05) is 24.2 Å². The molecule has 1 saturated heterocycles. The van der Waals surface area contributed by atoms with Gasteiger partial charge in [-0.1, -0.05) is 17.7 Å². The fraction of sp³-hybridized carbons (Fsp3) is 0.250. The number of oxazole rings is 1. The van der Waals surface area contributed by atoms with E-state index >= 15 is 0 Å². The first-order valence-electron chi connectivity index (χ1n) is 8.41. The van der Waals surface area contributed by atoms with Crippen LogP contribution in [0.4, 0.5) is 5.69 Å². The van der Waals surface area contributed by atoms with Gasteiger partial charge in [-0.05, 0) is 37.3 Å². The van der Waals surface area contributed by atoms with Gasteiger partial charge in [-0.3, -0.25) is 9.59 Å². The number of aryl methyl sites for hydroxylation is 1. The van der Waals surface area contributed by atoms with Crippen molar-refractivity contribution >= 4 is 28.7 Å². The lowest BCUT2D eigenvalue weighted by atomic mass is 10.1. The second kappa shape index (κ2) is 6.29. The molecule has 1 atom stereocenters. The SMILES string of the molecule is COC(=O)[C@H]1CC(=O)N(c2ccc3oc(-c4cccc(C)c4)nc3c2)C1. The largest absolute Gasteiger partial charge is 0.469 e. The Morgan fingerprint density at radius 2 is 2.12 bits per heavy atom. The van der Waals surface area contributed by atoms with Crippen LogP contribution in [0.3, 0.4) is 0 Å². The number of benzene rings is 2. The van der Waals surface area contributed by atoms with E-state index in [-0.39, 0.29) is 18.3 Å². The first kappa shape index (κ1) is 16.3. The number of rotatable bonds is 3. The normalized spacial score (nSPS) is 17.1. The molecule has 0 bridgehead atoms. The third-order valence-corrected chi connectivity index (χ3v) is 4.61. The molecule has 4 rings (SSSR count). The second-order valence-electron chi connectivity index (χ2n) is 6.47. The molecule has 1 aliphatic heterocycles. The lowest BCUT2D eigenvalue weighted by Crippen LogP contribution is -2.26. The van der Waals surface area contributed by atoms with Gasteiger partial charge in [-0.2, -0.15) is 0 Å². The van der Waals surface area contributed by atoms with Crippen LogP contribution in [-0.2, 0) is 14.3 Å². The van der Waals surface area contributed by atoms with Gasteiger partial charge in [0.15, 0.2) is 5.58 Å². The Kier molecular flexibility index (Phi) is 3.95. The molecule has 2 heterocycles. The Labute approximate surface area is 150 Å². The summed E-state index contributed by atoms with van der Waals surface area (Å²) in [5, 5.41) is 0. The predicted octanol–water partition coefficient (Wildman–Crippen LogP) is 3.33. The van der Waals surface area contributed by atoms with Gasteiger partial charge in [0.25, 0.3) is 0 Å². The number of ether oxygens (including phenoxy) is 1. The van der Waals surface area contributed by atoms with Gasteiger partial charge < -0.3 is 14.1 Å². The summed E-state index contributed by atoms with van der Waals surface area (Å²) in [6.45, 7) is 2.33. The standard InChI is InChI=1S/C20H18N2O4/c1-12-4-3-5-13(8-12)19-21-16-10-15(6-7-17(16)26-19)22-11-14(9-18(22)23)20(24)25-2/h3-8,10,14H,9,11H2,1-2H3/t14-/m0/s1. The Hall–Kier alpha value is -3.15. The molecule has 0 saturated carbocycles. The molecule has 3 aromatic rings. The molecule has 0 aliphatic carbocycles. The maximum atomic E-state index is 12.3. The third-order valence-electron chi connectivity index (χ3n) is 4.61. The van der Waals surface area contributed by atoms with Crippen LogP contribution >= 0.6 is 0 Å². The lowest BCUT2D eigenvalue weighted by molar-refractivity contribution is -0.145. The highest BCUT2D eigenvalue weighted by atomic mass is 16.5. The quantitative estimate of drug-likeness (QED) is 0.678. The Bertz CT molecular complexity index is 1010. The maximum Gasteiger partial charge on any atom is 0.311 e. The van der Waals surface area contributed by atoms with Gasteiger partial charge in [0.1, 0.15) is 5.52 Å². The first-order valence-corrected chi connectivity index (χ1v) is 8.41. The average Bonchev–Trinajstić information content (AvgIpc) is 3.24. The highest BCUT2D eigenvalue weighted by Crippen LogP contribution is 2.31. The highest BCUT2D eigenvalue weighted by Gasteiger charge is 2.36. The molecule has 0 spiro atoms. The molecule has 6 nitrogen and oxygen atoms in total. The van der Waals surface area contributed by atoms with Crippen molar-refractivity contribution in [2.24, 2.45) is 5.92 Å². The molecule has 1 aliphatic rings. The van der Waals surface area contributed by atoms with E-state index in [0.717, 1.165) is 11.1 Å². The number of fused-ring (bicyclic) bond motifs is 1. The Morgan fingerprint density at radius 3 is 2.88 bits per heavy atom. The molecule has 0 radical (unpaired) electrons. The van der Waals surface area contributed by atoms with E-state index in [1.54, 1.807) is 11.0 Å². The molecular weight excluding hydrogens is 332 g/mol. The van der Waals surface area contributed by atoms with Crippen LogP contribution in [0.2, 0.25) is 0 Å². The summed E-state index contributed by atoms with van der Waals surface area (Å²) in [5.74, 6) is -0.336. The van der Waals surface area contributed by atoms with E-state index in [4.69, 9.17) is 9.15 Å². The first-order chi connectivity index (χ1) is 12.5. The molecule has 1 aromatic heterocycles. The van der Waals surface area contributed by atoms with Crippen molar-refractivity contribution in [1.82, 2.24) is 4.98 Å². The van der Waals surface area contributed by atoms with E-state index in [1.165, 1.54) is 7.11 Å². The van der Waals surface area contributed by atoms with E-state index in [1.807, 2.05) is 43.3 Å². The molecule has 1 fully saturated rings. The molecule has 0 N–H and O–H groups in total. The van der Waals surface area contributed by atoms with E-state index < -0.39 is 5.92 Å². The Morgan fingerprint density at radius 1 is 1.27 bits per heavy atom. The molecule has 6 heteroatoms. The number of methoxy groups -OCH3 is 1. The summed E-state index contributed by atoms with van der Waals surface area (Å²) >= 11 is 0.